The largest absolute Gasteiger partial charge is 0.324 e. The molecule has 1 aliphatic heterocycles. The van der Waals surface area contributed by atoms with Gasteiger partial charge in [-0.05, 0) is 24.6 Å². The molecule has 106 valence electrons. The Morgan fingerprint density at radius 3 is 2.90 bits per heavy atom. The summed E-state index contributed by atoms with van der Waals surface area (Å²) in [5, 5.41) is 2.63. The second kappa shape index (κ2) is 6.15. The summed E-state index contributed by atoms with van der Waals surface area (Å²) >= 11 is 3.29. The van der Waals surface area contributed by atoms with Gasteiger partial charge in [-0.1, -0.05) is 22.0 Å². The van der Waals surface area contributed by atoms with Gasteiger partial charge in [0.15, 0.2) is 0 Å². The lowest BCUT2D eigenvalue weighted by molar-refractivity contribution is -0.151. The number of carbonyl (C=O) groups is 3. The zero-order chi connectivity index (χ0) is 14.7. The zero-order valence-electron chi connectivity index (χ0n) is 10.6. The van der Waals surface area contributed by atoms with Crippen LogP contribution in [0.1, 0.15) is 12.8 Å². The van der Waals surface area contributed by atoms with Crippen LogP contribution in [0.15, 0.2) is 28.7 Å². The fourth-order valence-corrected chi connectivity index (χ4v) is 2.34. The van der Waals surface area contributed by atoms with Crippen LogP contribution in [0.4, 0.5) is 5.69 Å². The van der Waals surface area contributed by atoms with E-state index in [2.05, 4.69) is 21.2 Å². The minimum absolute atomic E-state index is 0.192. The van der Waals surface area contributed by atoms with Crippen molar-refractivity contribution in [3.8, 4) is 0 Å². The Balaban J connectivity index is 2.00. The molecule has 7 heteroatoms. The van der Waals surface area contributed by atoms with Crippen molar-refractivity contribution >= 4 is 39.3 Å². The number of hydrogen-bond acceptors (Lipinski definition) is 4. The second-order valence-electron chi connectivity index (χ2n) is 4.52. The molecule has 20 heavy (non-hydrogen) atoms. The van der Waals surface area contributed by atoms with E-state index >= 15 is 0 Å². The van der Waals surface area contributed by atoms with Gasteiger partial charge in [-0.2, -0.15) is 0 Å². The molecular weight excluding hydrogens is 326 g/mol. The van der Waals surface area contributed by atoms with Gasteiger partial charge < -0.3 is 11.1 Å². The van der Waals surface area contributed by atoms with Gasteiger partial charge in [-0.25, -0.2) is 0 Å². The average molecular weight is 340 g/mol. The number of likely N-dealkylation sites (tertiary alicyclic amines) is 1. The van der Waals surface area contributed by atoms with Gasteiger partial charge in [-0.15, -0.1) is 0 Å². The summed E-state index contributed by atoms with van der Waals surface area (Å²) in [6.07, 6.45) is 0.526. The lowest BCUT2D eigenvalue weighted by Crippen LogP contribution is -2.53. The molecule has 1 aromatic carbocycles. The third kappa shape index (κ3) is 3.43. The number of benzene rings is 1. The number of anilines is 1. The Kier molecular flexibility index (Phi) is 4.51. The van der Waals surface area contributed by atoms with Gasteiger partial charge in [0.2, 0.25) is 17.7 Å². The number of hydrogen-bond donors (Lipinski definition) is 2. The van der Waals surface area contributed by atoms with E-state index in [-0.39, 0.29) is 18.9 Å². The van der Waals surface area contributed by atoms with E-state index in [1.165, 1.54) is 0 Å². The molecule has 3 amide bonds. The molecule has 0 aliphatic carbocycles. The minimum Gasteiger partial charge on any atom is -0.324 e. The Bertz CT molecular complexity index is 562. The summed E-state index contributed by atoms with van der Waals surface area (Å²) < 4.78 is 0.822. The van der Waals surface area contributed by atoms with Crippen molar-refractivity contribution in [1.29, 1.82) is 0 Å². The molecule has 3 N–H and O–H groups in total. The van der Waals surface area contributed by atoms with E-state index in [4.69, 9.17) is 5.73 Å². The Labute approximate surface area is 124 Å². The molecule has 0 spiro atoms. The highest BCUT2D eigenvalue weighted by Crippen LogP contribution is 2.16. The fraction of sp³-hybridized carbons (Fsp3) is 0.308. The monoisotopic (exact) mass is 339 g/mol. The normalized spacial score (nSPS) is 19.1. The molecule has 2 rings (SSSR count). The van der Waals surface area contributed by atoms with E-state index in [1.807, 2.05) is 6.07 Å². The average Bonchev–Trinajstić information content (AvgIpc) is 2.39. The van der Waals surface area contributed by atoms with Crippen molar-refractivity contribution in [2.45, 2.75) is 18.9 Å². The van der Waals surface area contributed by atoms with Gasteiger partial charge in [-0.3, -0.25) is 19.3 Å². The summed E-state index contributed by atoms with van der Waals surface area (Å²) in [7, 11) is 0. The lowest BCUT2D eigenvalue weighted by Gasteiger charge is -2.28. The van der Waals surface area contributed by atoms with E-state index in [0.29, 0.717) is 12.1 Å². The van der Waals surface area contributed by atoms with Crippen LogP contribution in [-0.4, -0.2) is 35.2 Å². The van der Waals surface area contributed by atoms with E-state index in [0.717, 1.165) is 9.37 Å². The van der Waals surface area contributed by atoms with E-state index < -0.39 is 17.9 Å². The molecule has 6 nitrogen and oxygen atoms in total. The van der Waals surface area contributed by atoms with Gasteiger partial charge in [0.25, 0.3) is 0 Å². The standard InChI is InChI=1S/C13H14BrN3O3/c14-8-2-1-3-9(6-8)16-11(18)7-17-12(19)5-4-10(15)13(17)20/h1-3,6,10H,4-5,7,15H2,(H,16,18). The number of halogens is 1. The predicted octanol–water partition coefficient (Wildman–Crippen LogP) is 0.864. The first-order valence-electron chi connectivity index (χ1n) is 6.12. The van der Waals surface area contributed by atoms with Crippen LogP contribution in [0.3, 0.4) is 0 Å². The van der Waals surface area contributed by atoms with Crippen LogP contribution < -0.4 is 11.1 Å². The number of carbonyl (C=O) groups excluding carboxylic acids is 3. The molecule has 0 saturated carbocycles. The minimum atomic E-state index is -0.702. The molecule has 1 aliphatic rings. The van der Waals surface area contributed by atoms with Crippen LogP contribution in [-0.2, 0) is 14.4 Å². The van der Waals surface area contributed by atoms with Crippen LogP contribution in [0.5, 0.6) is 0 Å². The molecule has 1 heterocycles. The van der Waals surface area contributed by atoms with Crippen LogP contribution >= 0.6 is 15.9 Å². The maximum atomic E-state index is 11.9. The lowest BCUT2D eigenvalue weighted by atomic mass is 10.1. The topological polar surface area (TPSA) is 92.5 Å². The quantitative estimate of drug-likeness (QED) is 0.799. The van der Waals surface area contributed by atoms with Crippen molar-refractivity contribution < 1.29 is 14.4 Å². The molecular formula is C13H14BrN3O3. The first-order chi connectivity index (χ1) is 9.47. The third-order valence-electron chi connectivity index (χ3n) is 2.96. The number of imide groups is 1. The second-order valence-corrected chi connectivity index (χ2v) is 5.44. The summed E-state index contributed by atoms with van der Waals surface area (Å²) in [4.78, 5) is 36.2. The first kappa shape index (κ1) is 14.7. The molecule has 1 atom stereocenters. The number of nitrogens with zero attached hydrogens (tertiary/aromatic N) is 1. The van der Waals surface area contributed by atoms with Gasteiger partial charge in [0.05, 0.1) is 6.04 Å². The van der Waals surface area contributed by atoms with Crippen LogP contribution in [0, 0.1) is 0 Å². The Hall–Kier alpha value is -1.73. The highest BCUT2D eigenvalue weighted by Gasteiger charge is 2.33. The number of nitrogens with one attached hydrogen (secondary N) is 1. The zero-order valence-corrected chi connectivity index (χ0v) is 12.2. The Morgan fingerprint density at radius 2 is 2.20 bits per heavy atom. The maximum Gasteiger partial charge on any atom is 0.246 e. The third-order valence-corrected chi connectivity index (χ3v) is 3.46. The highest BCUT2D eigenvalue weighted by molar-refractivity contribution is 9.10. The SMILES string of the molecule is NC1CCC(=O)N(CC(=O)Nc2cccc(Br)c2)C1=O. The van der Waals surface area contributed by atoms with E-state index in [9.17, 15) is 14.4 Å². The van der Waals surface area contributed by atoms with Crippen LogP contribution in [0.25, 0.3) is 0 Å². The smallest absolute Gasteiger partial charge is 0.246 e. The van der Waals surface area contributed by atoms with Gasteiger partial charge in [0.1, 0.15) is 6.54 Å². The molecule has 0 bridgehead atoms. The maximum absolute atomic E-state index is 11.9. The summed E-state index contributed by atoms with van der Waals surface area (Å²) in [6, 6.07) is 6.34. The van der Waals surface area contributed by atoms with Crippen molar-refractivity contribution in [3.63, 3.8) is 0 Å². The molecule has 1 aromatic rings. The summed E-state index contributed by atoms with van der Waals surface area (Å²) in [6.45, 7) is -0.308. The molecule has 1 unspecified atom stereocenters. The number of amides is 3. The summed E-state index contributed by atoms with van der Waals surface area (Å²) in [5.74, 6) is -1.29. The first-order valence-corrected chi connectivity index (χ1v) is 6.92. The van der Waals surface area contributed by atoms with Gasteiger partial charge in [0, 0.05) is 16.6 Å². The predicted molar refractivity (Wildman–Crippen MR) is 76.7 cm³/mol. The Morgan fingerprint density at radius 1 is 1.45 bits per heavy atom. The number of nitrogens with two attached hydrogens (primary N) is 1. The number of piperidine rings is 1. The number of rotatable bonds is 3. The van der Waals surface area contributed by atoms with E-state index in [1.54, 1.807) is 18.2 Å². The summed E-state index contributed by atoms with van der Waals surface area (Å²) in [5.41, 5.74) is 6.19. The molecule has 1 fully saturated rings. The molecule has 0 radical (unpaired) electrons. The van der Waals surface area contributed by atoms with Gasteiger partial charge >= 0.3 is 0 Å². The molecule has 1 saturated heterocycles. The van der Waals surface area contributed by atoms with Crippen molar-refractivity contribution in [1.82, 2.24) is 4.90 Å². The highest BCUT2D eigenvalue weighted by atomic mass is 79.9. The fourth-order valence-electron chi connectivity index (χ4n) is 1.94. The van der Waals surface area contributed by atoms with Crippen molar-refractivity contribution in [2.24, 2.45) is 5.73 Å². The van der Waals surface area contributed by atoms with Crippen molar-refractivity contribution in [3.05, 3.63) is 28.7 Å². The molecule has 0 aromatic heterocycles. The van der Waals surface area contributed by atoms with Crippen molar-refractivity contribution in [2.75, 3.05) is 11.9 Å². The van der Waals surface area contributed by atoms with Crippen LogP contribution in [0.2, 0.25) is 0 Å².